The Morgan fingerprint density at radius 1 is 1.38 bits per heavy atom. The first-order chi connectivity index (χ1) is 6.19. The average molecular weight is 183 g/mol. The predicted molar refractivity (Wildman–Crippen MR) is 48.6 cm³/mol. The molecule has 0 saturated carbocycles. The highest BCUT2D eigenvalue weighted by Crippen LogP contribution is 2.28. The molecule has 4 heteroatoms. The maximum absolute atomic E-state index is 9.19. The normalized spacial score (nSPS) is 12.8. The van der Waals surface area contributed by atoms with Gasteiger partial charge in [0.1, 0.15) is 0 Å². The van der Waals surface area contributed by atoms with Crippen molar-refractivity contribution in [1.29, 1.82) is 0 Å². The molecule has 0 aromatic heterocycles. The minimum Gasteiger partial charge on any atom is -0.504 e. The second kappa shape index (κ2) is 4.11. The van der Waals surface area contributed by atoms with Gasteiger partial charge in [0.25, 0.3) is 0 Å². The lowest BCUT2D eigenvalue weighted by atomic mass is 10.1. The molecule has 4 N–H and O–H groups in total. The van der Waals surface area contributed by atoms with Crippen LogP contribution in [-0.2, 0) is 4.74 Å². The van der Waals surface area contributed by atoms with E-state index in [-0.39, 0.29) is 17.6 Å². The van der Waals surface area contributed by atoms with Gasteiger partial charge in [-0.25, -0.2) is 0 Å². The number of benzene rings is 1. The fourth-order valence-electron chi connectivity index (χ4n) is 1.11. The van der Waals surface area contributed by atoms with Gasteiger partial charge in [0, 0.05) is 13.7 Å². The molecule has 0 aliphatic carbocycles. The lowest BCUT2D eigenvalue weighted by Crippen LogP contribution is -2.13. The minimum absolute atomic E-state index is 0.143. The van der Waals surface area contributed by atoms with Crippen LogP contribution in [0.2, 0.25) is 0 Å². The molecule has 0 unspecified atom stereocenters. The molecule has 1 aromatic carbocycles. The molecule has 1 aromatic rings. The van der Waals surface area contributed by atoms with Crippen LogP contribution < -0.4 is 5.73 Å². The van der Waals surface area contributed by atoms with Gasteiger partial charge in [-0.05, 0) is 17.7 Å². The van der Waals surface area contributed by atoms with Crippen LogP contribution in [0.25, 0.3) is 0 Å². The van der Waals surface area contributed by atoms with Crippen LogP contribution >= 0.6 is 0 Å². The van der Waals surface area contributed by atoms with E-state index in [1.165, 1.54) is 12.1 Å². The number of methoxy groups -OCH3 is 1. The molecule has 0 heterocycles. The zero-order chi connectivity index (χ0) is 9.84. The summed E-state index contributed by atoms with van der Waals surface area (Å²) in [5, 5.41) is 18.2. The summed E-state index contributed by atoms with van der Waals surface area (Å²) >= 11 is 0. The van der Waals surface area contributed by atoms with Crippen molar-refractivity contribution >= 4 is 0 Å². The highest BCUT2D eigenvalue weighted by molar-refractivity contribution is 5.41. The molecule has 0 bridgehead atoms. The third-order valence-electron chi connectivity index (χ3n) is 1.87. The van der Waals surface area contributed by atoms with E-state index in [9.17, 15) is 5.11 Å². The van der Waals surface area contributed by atoms with Crippen molar-refractivity contribution in [2.75, 3.05) is 13.7 Å². The van der Waals surface area contributed by atoms with E-state index >= 15 is 0 Å². The topological polar surface area (TPSA) is 75.7 Å². The largest absolute Gasteiger partial charge is 0.504 e. The number of ether oxygens (including phenoxy) is 1. The monoisotopic (exact) mass is 183 g/mol. The Morgan fingerprint density at radius 3 is 2.54 bits per heavy atom. The summed E-state index contributed by atoms with van der Waals surface area (Å²) in [5.74, 6) is -0.302. The summed E-state index contributed by atoms with van der Waals surface area (Å²) in [6, 6.07) is 4.51. The third-order valence-corrected chi connectivity index (χ3v) is 1.87. The maximum Gasteiger partial charge on any atom is 0.157 e. The van der Waals surface area contributed by atoms with Gasteiger partial charge >= 0.3 is 0 Å². The van der Waals surface area contributed by atoms with Crippen LogP contribution in [0, 0.1) is 0 Å². The van der Waals surface area contributed by atoms with Crippen molar-refractivity contribution in [3.8, 4) is 11.5 Å². The molecule has 0 aliphatic heterocycles. The molecule has 0 fully saturated rings. The van der Waals surface area contributed by atoms with Crippen LogP contribution in [0.1, 0.15) is 11.7 Å². The number of phenols is 2. The van der Waals surface area contributed by atoms with E-state index < -0.39 is 0 Å². The van der Waals surface area contributed by atoms with Crippen LogP contribution in [-0.4, -0.2) is 23.9 Å². The van der Waals surface area contributed by atoms with Crippen LogP contribution in [0.3, 0.4) is 0 Å². The van der Waals surface area contributed by atoms with Crippen LogP contribution in [0.15, 0.2) is 18.2 Å². The summed E-state index contributed by atoms with van der Waals surface area (Å²) in [6.45, 7) is 0.334. The van der Waals surface area contributed by atoms with Gasteiger partial charge in [0.05, 0.1) is 6.10 Å². The molecule has 1 rings (SSSR count). The highest BCUT2D eigenvalue weighted by atomic mass is 16.5. The Bertz CT molecular complexity index is 284. The van der Waals surface area contributed by atoms with Gasteiger partial charge in [-0.15, -0.1) is 0 Å². The summed E-state index contributed by atoms with van der Waals surface area (Å²) in [4.78, 5) is 0. The number of phenolic OH excluding ortho intramolecular Hbond substituents is 2. The highest BCUT2D eigenvalue weighted by Gasteiger charge is 2.09. The summed E-state index contributed by atoms with van der Waals surface area (Å²) in [6.07, 6.45) is -0.244. The van der Waals surface area contributed by atoms with Crippen molar-refractivity contribution in [1.82, 2.24) is 0 Å². The second-order valence-electron chi connectivity index (χ2n) is 2.71. The Kier molecular flexibility index (Phi) is 3.11. The molecule has 1 atom stereocenters. The van der Waals surface area contributed by atoms with Crippen molar-refractivity contribution < 1.29 is 14.9 Å². The number of rotatable bonds is 3. The summed E-state index contributed by atoms with van der Waals surface area (Å²) in [5.41, 5.74) is 6.18. The molecule has 0 saturated heterocycles. The lowest BCUT2D eigenvalue weighted by molar-refractivity contribution is 0.110. The van der Waals surface area contributed by atoms with E-state index in [1.54, 1.807) is 13.2 Å². The van der Waals surface area contributed by atoms with Crippen LogP contribution in [0.4, 0.5) is 0 Å². The number of aromatic hydroxyl groups is 2. The van der Waals surface area contributed by atoms with Gasteiger partial charge in [0.15, 0.2) is 11.5 Å². The first kappa shape index (κ1) is 9.83. The third kappa shape index (κ3) is 2.11. The predicted octanol–water partition coefficient (Wildman–Crippen LogP) is 0.744. The average Bonchev–Trinajstić information content (AvgIpc) is 2.13. The van der Waals surface area contributed by atoms with Gasteiger partial charge in [0.2, 0.25) is 0 Å². The van der Waals surface area contributed by atoms with E-state index in [1.807, 2.05) is 0 Å². The molecular formula is C9H13NO3. The number of hydrogen-bond donors (Lipinski definition) is 3. The quantitative estimate of drug-likeness (QED) is 0.604. The number of hydrogen-bond acceptors (Lipinski definition) is 4. The van der Waals surface area contributed by atoms with E-state index in [0.29, 0.717) is 6.54 Å². The fraction of sp³-hybridized carbons (Fsp3) is 0.333. The van der Waals surface area contributed by atoms with Gasteiger partial charge in [-0.3, -0.25) is 0 Å². The van der Waals surface area contributed by atoms with E-state index in [2.05, 4.69) is 0 Å². The van der Waals surface area contributed by atoms with Gasteiger partial charge < -0.3 is 20.7 Å². The van der Waals surface area contributed by atoms with Gasteiger partial charge in [-0.2, -0.15) is 0 Å². The standard InChI is InChI=1S/C9H13NO3/c1-13-9(5-10)6-2-3-7(11)8(12)4-6/h2-4,9,11-12H,5,10H2,1H3/t9-/m1/s1. The number of nitrogens with two attached hydrogens (primary N) is 1. The van der Waals surface area contributed by atoms with Gasteiger partial charge in [-0.1, -0.05) is 6.07 Å². The molecule has 0 spiro atoms. The molecular weight excluding hydrogens is 170 g/mol. The smallest absolute Gasteiger partial charge is 0.157 e. The second-order valence-corrected chi connectivity index (χ2v) is 2.71. The minimum atomic E-state index is -0.244. The first-order valence-corrected chi connectivity index (χ1v) is 3.93. The van der Waals surface area contributed by atoms with Crippen molar-refractivity contribution in [2.45, 2.75) is 6.10 Å². The SMILES string of the molecule is CO[C@H](CN)c1ccc(O)c(O)c1. The molecule has 0 aliphatic rings. The Balaban J connectivity index is 2.95. The molecule has 13 heavy (non-hydrogen) atoms. The molecule has 4 nitrogen and oxygen atoms in total. The molecule has 72 valence electrons. The first-order valence-electron chi connectivity index (χ1n) is 3.93. The summed E-state index contributed by atoms with van der Waals surface area (Å²) in [7, 11) is 1.54. The zero-order valence-corrected chi connectivity index (χ0v) is 7.40. The Labute approximate surface area is 76.6 Å². The van der Waals surface area contributed by atoms with E-state index in [4.69, 9.17) is 15.6 Å². The van der Waals surface area contributed by atoms with E-state index in [0.717, 1.165) is 5.56 Å². The van der Waals surface area contributed by atoms with Crippen molar-refractivity contribution in [3.05, 3.63) is 23.8 Å². The Hall–Kier alpha value is -1.26. The lowest BCUT2D eigenvalue weighted by Gasteiger charge is -2.13. The van der Waals surface area contributed by atoms with Crippen molar-refractivity contribution in [2.24, 2.45) is 5.73 Å². The zero-order valence-electron chi connectivity index (χ0n) is 7.40. The molecule has 0 radical (unpaired) electrons. The van der Waals surface area contributed by atoms with Crippen LogP contribution in [0.5, 0.6) is 11.5 Å². The maximum atomic E-state index is 9.19. The fourth-order valence-corrected chi connectivity index (χ4v) is 1.11. The Morgan fingerprint density at radius 2 is 2.08 bits per heavy atom. The van der Waals surface area contributed by atoms with Crippen molar-refractivity contribution in [3.63, 3.8) is 0 Å². The summed E-state index contributed by atoms with van der Waals surface area (Å²) < 4.78 is 5.06. The molecule has 0 amide bonds.